The normalized spacial score (nSPS) is 10.7. The van der Waals surface area contributed by atoms with Gasteiger partial charge in [0.15, 0.2) is 5.69 Å². The Morgan fingerprint density at radius 2 is 1.96 bits per heavy atom. The highest BCUT2D eigenvalue weighted by molar-refractivity contribution is 7.09. The summed E-state index contributed by atoms with van der Waals surface area (Å²) in [5, 5.41) is 13.2. The smallest absolute Gasteiger partial charge is 0.387 e. The third kappa shape index (κ3) is 4.25. The van der Waals surface area contributed by atoms with Gasteiger partial charge in [0.25, 0.3) is 5.91 Å². The maximum absolute atomic E-state index is 12.4. The monoisotopic (exact) mass is 356 g/mol. The minimum Gasteiger partial charge on any atom is -0.476 e. The number of thiazole rings is 1. The van der Waals surface area contributed by atoms with Crippen LogP contribution in [-0.2, 0) is 6.54 Å². The molecular weight excluding hydrogens is 342 g/mol. The Hall–Kier alpha value is -2.55. The van der Waals surface area contributed by atoms with Crippen LogP contribution in [0.5, 0.6) is 5.75 Å². The zero-order valence-electron chi connectivity index (χ0n) is 12.8. The largest absolute Gasteiger partial charge is 0.476 e. The lowest BCUT2D eigenvalue weighted by molar-refractivity contribution is -0.0507. The number of nitrogens with zero attached hydrogens (tertiary/aromatic N) is 1. The molecule has 0 unspecified atom stereocenters. The van der Waals surface area contributed by atoms with E-state index in [-0.39, 0.29) is 18.0 Å². The molecule has 0 radical (unpaired) electrons. The van der Waals surface area contributed by atoms with Crippen molar-refractivity contribution in [1.29, 1.82) is 0 Å². The lowest BCUT2D eigenvalue weighted by Gasteiger charge is -2.13. The van der Waals surface area contributed by atoms with Crippen LogP contribution >= 0.6 is 11.3 Å². The van der Waals surface area contributed by atoms with Crippen molar-refractivity contribution in [3.05, 3.63) is 44.9 Å². The number of halogens is 2. The van der Waals surface area contributed by atoms with E-state index in [0.29, 0.717) is 21.7 Å². The standard InChI is InChI=1S/C15H14F2N2O4S/c1-7-3-9(4-8(2)12(7)23-15(16)17)13(20)18-5-11-19-10(6-24-11)14(21)22/h3-4,6,15H,5H2,1-2H3,(H,18,20)(H,21,22). The van der Waals surface area contributed by atoms with E-state index in [0.717, 1.165) is 11.3 Å². The molecule has 9 heteroatoms. The van der Waals surface area contributed by atoms with E-state index < -0.39 is 18.5 Å². The van der Waals surface area contributed by atoms with Crippen molar-refractivity contribution in [2.45, 2.75) is 27.0 Å². The van der Waals surface area contributed by atoms with Crippen LogP contribution in [0.2, 0.25) is 0 Å². The van der Waals surface area contributed by atoms with Gasteiger partial charge in [-0.15, -0.1) is 11.3 Å². The number of carbonyl (C=O) groups excluding carboxylic acids is 1. The van der Waals surface area contributed by atoms with Crippen LogP contribution < -0.4 is 10.1 Å². The molecule has 24 heavy (non-hydrogen) atoms. The molecule has 0 saturated heterocycles. The van der Waals surface area contributed by atoms with E-state index in [2.05, 4.69) is 15.0 Å². The van der Waals surface area contributed by atoms with Crippen LogP contribution in [-0.4, -0.2) is 28.6 Å². The van der Waals surface area contributed by atoms with Gasteiger partial charge in [-0.05, 0) is 37.1 Å². The summed E-state index contributed by atoms with van der Waals surface area (Å²) in [7, 11) is 0. The van der Waals surface area contributed by atoms with Crippen LogP contribution in [0, 0.1) is 13.8 Å². The first-order valence-electron chi connectivity index (χ1n) is 6.80. The van der Waals surface area contributed by atoms with Crippen molar-refractivity contribution in [2.75, 3.05) is 0 Å². The molecule has 0 fully saturated rings. The predicted molar refractivity (Wildman–Crippen MR) is 82.8 cm³/mol. The van der Waals surface area contributed by atoms with E-state index in [1.807, 2.05) is 0 Å². The third-order valence-corrected chi connectivity index (χ3v) is 3.95. The number of hydrogen-bond donors (Lipinski definition) is 2. The van der Waals surface area contributed by atoms with Gasteiger partial charge in [0.2, 0.25) is 0 Å². The lowest BCUT2D eigenvalue weighted by atomic mass is 10.1. The number of alkyl halides is 2. The molecule has 1 heterocycles. The molecule has 1 amide bonds. The summed E-state index contributed by atoms with van der Waals surface area (Å²) >= 11 is 1.12. The van der Waals surface area contributed by atoms with E-state index in [4.69, 9.17) is 5.11 Å². The molecular formula is C15H14F2N2O4S. The fraction of sp³-hybridized carbons (Fsp3) is 0.267. The summed E-state index contributed by atoms with van der Waals surface area (Å²) in [5.74, 6) is -1.51. The lowest BCUT2D eigenvalue weighted by Crippen LogP contribution is -2.23. The summed E-state index contributed by atoms with van der Waals surface area (Å²) in [6.45, 7) is 0.281. The summed E-state index contributed by atoms with van der Waals surface area (Å²) in [4.78, 5) is 26.8. The van der Waals surface area contributed by atoms with Crippen LogP contribution in [0.25, 0.3) is 0 Å². The minimum absolute atomic E-state index is 0.0487. The van der Waals surface area contributed by atoms with E-state index in [9.17, 15) is 18.4 Å². The van der Waals surface area contributed by atoms with Gasteiger partial charge in [0.05, 0.1) is 6.54 Å². The zero-order valence-corrected chi connectivity index (χ0v) is 13.6. The SMILES string of the molecule is Cc1cc(C(=O)NCc2nc(C(=O)O)cs2)cc(C)c1OC(F)F. The summed E-state index contributed by atoms with van der Waals surface area (Å²) in [5.41, 5.74) is 1.05. The maximum atomic E-state index is 12.4. The first kappa shape index (κ1) is 17.8. The molecule has 2 rings (SSSR count). The van der Waals surface area contributed by atoms with Crippen molar-refractivity contribution >= 4 is 23.2 Å². The van der Waals surface area contributed by atoms with Crippen molar-refractivity contribution in [3.8, 4) is 5.75 Å². The van der Waals surface area contributed by atoms with Crippen LogP contribution in [0.1, 0.15) is 37.0 Å². The second-order valence-electron chi connectivity index (χ2n) is 4.93. The molecule has 0 bridgehead atoms. The number of carbonyl (C=O) groups is 2. The molecule has 0 aliphatic heterocycles. The molecule has 0 atom stereocenters. The fourth-order valence-corrected chi connectivity index (χ4v) is 2.81. The van der Waals surface area contributed by atoms with Crippen molar-refractivity contribution in [3.63, 3.8) is 0 Å². The molecule has 128 valence electrons. The van der Waals surface area contributed by atoms with Gasteiger partial charge in [0, 0.05) is 10.9 Å². The molecule has 1 aromatic carbocycles. The third-order valence-electron chi connectivity index (χ3n) is 3.10. The van der Waals surface area contributed by atoms with Crippen molar-refractivity contribution in [1.82, 2.24) is 10.3 Å². The van der Waals surface area contributed by atoms with Crippen LogP contribution in [0.3, 0.4) is 0 Å². The maximum Gasteiger partial charge on any atom is 0.387 e. The topological polar surface area (TPSA) is 88.5 Å². The van der Waals surface area contributed by atoms with E-state index in [1.54, 1.807) is 13.8 Å². The van der Waals surface area contributed by atoms with Gasteiger partial charge >= 0.3 is 12.6 Å². The van der Waals surface area contributed by atoms with Crippen LogP contribution in [0.4, 0.5) is 8.78 Å². The minimum atomic E-state index is -2.93. The van der Waals surface area contributed by atoms with Gasteiger partial charge in [-0.3, -0.25) is 4.79 Å². The molecule has 0 aliphatic carbocycles. The number of nitrogens with one attached hydrogen (secondary N) is 1. The second-order valence-corrected chi connectivity index (χ2v) is 5.87. The van der Waals surface area contributed by atoms with Crippen molar-refractivity contribution < 1.29 is 28.2 Å². The molecule has 6 nitrogen and oxygen atoms in total. The van der Waals surface area contributed by atoms with E-state index in [1.165, 1.54) is 17.5 Å². The van der Waals surface area contributed by atoms with Gasteiger partial charge in [-0.1, -0.05) is 0 Å². The Balaban J connectivity index is 2.08. The quantitative estimate of drug-likeness (QED) is 0.831. The number of aromatic nitrogens is 1. The Bertz CT molecular complexity index is 754. The van der Waals surface area contributed by atoms with Crippen molar-refractivity contribution in [2.24, 2.45) is 0 Å². The number of rotatable bonds is 6. The number of amides is 1. The number of ether oxygens (including phenoxy) is 1. The van der Waals surface area contributed by atoms with E-state index >= 15 is 0 Å². The second kappa shape index (κ2) is 7.35. The zero-order chi connectivity index (χ0) is 17.9. The number of hydrogen-bond acceptors (Lipinski definition) is 5. The molecule has 2 aromatic rings. The summed E-state index contributed by atoms with van der Waals surface area (Å²) < 4.78 is 29.2. The number of carboxylic acid groups (broad SMARTS) is 1. The Kier molecular flexibility index (Phi) is 5.45. The highest BCUT2D eigenvalue weighted by atomic mass is 32.1. The number of benzene rings is 1. The Labute approximate surface area is 140 Å². The molecule has 0 aliphatic rings. The van der Waals surface area contributed by atoms with Gasteiger partial charge < -0.3 is 15.2 Å². The summed E-state index contributed by atoms with van der Waals surface area (Å²) in [6, 6.07) is 2.90. The summed E-state index contributed by atoms with van der Waals surface area (Å²) in [6.07, 6.45) is 0. The first-order chi connectivity index (χ1) is 11.3. The highest BCUT2D eigenvalue weighted by Crippen LogP contribution is 2.26. The Morgan fingerprint density at radius 3 is 2.46 bits per heavy atom. The molecule has 2 N–H and O–H groups in total. The fourth-order valence-electron chi connectivity index (χ4n) is 2.10. The molecule has 1 aromatic heterocycles. The van der Waals surface area contributed by atoms with Gasteiger partial charge in [-0.2, -0.15) is 8.78 Å². The number of aryl methyl sites for hydroxylation is 2. The average molecular weight is 356 g/mol. The first-order valence-corrected chi connectivity index (χ1v) is 7.68. The molecule has 0 saturated carbocycles. The average Bonchev–Trinajstić information content (AvgIpc) is 2.97. The number of aromatic carboxylic acids is 1. The number of carboxylic acids is 1. The van der Waals surface area contributed by atoms with Crippen LogP contribution in [0.15, 0.2) is 17.5 Å². The highest BCUT2D eigenvalue weighted by Gasteiger charge is 2.15. The Morgan fingerprint density at radius 1 is 1.33 bits per heavy atom. The molecule has 0 spiro atoms. The van der Waals surface area contributed by atoms with Gasteiger partial charge in [-0.25, -0.2) is 9.78 Å². The predicted octanol–water partition coefficient (Wildman–Crippen LogP) is 2.99. The van der Waals surface area contributed by atoms with Gasteiger partial charge in [0.1, 0.15) is 10.8 Å².